The minimum Gasteiger partial charge on any atom is -0.493 e. The summed E-state index contributed by atoms with van der Waals surface area (Å²) in [6.07, 6.45) is 0. The number of aromatic nitrogens is 2. The molecule has 0 saturated heterocycles. The highest BCUT2D eigenvalue weighted by molar-refractivity contribution is 7.79. The third-order valence-corrected chi connectivity index (χ3v) is 2.07. The highest BCUT2D eigenvalue weighted by atomic mass is 32.1. The molecule has 4 nitrogen and oxygen atoms in total. The molecule has 1 rings (SSSR count). The fourth-order valence-electron chi connectivity index (χ4n) is 1.21. The summed E-state index contributed by atoms with van der Waals surface area (Å²) in [5, 5.41) is 9.30. The van der Waals surface area contributed by atoms with E-state index in [0.29, 0.717) is 23.9 Å². The van der Waals surface area contributed by atoms with Crippen LogP contribution in [-0.2, 0) is 12.3 Å². The maximum absolute atomic E-state index is 11.3. The smallest absolute Gasteiger partial charge is 0.328 e. The SMILES string of the molecule is CC(C)Cn1c(CS)c(O)[nH]c1=O. The van der Waals surface area contributed by atoms with Gasteiger partial charge in [-0.25, -0.2) is 4.79 Å². The van der Waals surface area contributed by atoms with Crippen molar-refractivity contribution in [1.82, 2.24) is 9.55 Å². The molecule has 13 heavy (non-hydrogen) atoms. The molecule has 5 heteroatoms. The number of nitrogens with one attached hydrogen (secondary N) is 1. The molecule has 0 spiro atoms. The second kappa shape index (κ2) is 3.91. The highest BCUT2D eigenvalue weighted by Gasteiger charge is 2.12. The van der Waals surface area contributed by atoms with Gasteiger partial charge in [0, 0.05) is 12.3 Å². The lowest BCUT2D eigenvalue weighted by atomic mass is 10.2. The van der Waals surface area contributed by atoms with E-state index in [0.717, 1.165) is 0 Å². The van der Waals surface area contributed by atoms with E-state index in [1.54, 1.807) is 0 Å². The third kappa shape index (κ3) is 2.09. The zero-order valence-electron chi connectivity index (χ0n) is 7.74. The van der Waals surface area contributed by atoms with Crippen molar-refractivity contribution < 1.29 is 5.11 Å². The summed E-state index contributed by atoms with van der Waals surface area (Å²) in [5.41, 5.74) is 0.289. The minimum atomic E-state index is -0.268. The second-order valence-corrected chi connectivity index (χ2v) is 3.70. The number of H-pyrrole nitrogens is 1. The molecule has 0 aliphatic rings. The van der Waals surface area contributed by atoms with E-state index in [1.165, 1.54) is 4.57 Å². The molecule has 0 fully saturated rings. The van der Waals surface area contributed by atoms with E-state index in [4.69, 9.17) is 0 Å². The summed E-state index contributed by atoms with van der Waals surface area (Å²) >= 11 is 4.05. The Bertz CT molecular complexity index is 340. The fraction of sp³-hybridized carbons (Fsp3) is 0.625. The van der Waals surface area contributed by atoms with Crippen LogP contribution >= 0.6 is 12.6 Å². The number of nitrogens with zero attached hydrogens (tertiary/aromatic N) is 1. The molecule has 0 aliphatic heterocycles. The predicted molar refractivity (Wildman–Crippen MR) is 54.2 cm³/mol. The molecule has 1 aromatic heterocycles. The number of hydrogen-bond acceptors (Lipinski definition) is 3. The minimum absolute atomic E-state index is 0.0688. The topological polar surface area (TPSA) is 58.0 Å². The normalized spacial score (nSPS) is 11.1. The number of aromatic hydroxyl groups is 1. The van der Waals surface area contributed by atoms with E-state index in [1.807, 2.05) is 13.8 Å². The van der Waals surface area contributed by atoms with Crippen LogP contribution in [0.5, 0.6) is 5.88 Å². The van der Waals surface area contributed by atoms with Gasteiger partial charge in [0.05, 0.1) is 5.69 Å². The van der Waals surface area contributed by atoms with E-state index >= 15 is 0 Å². The first-order chi connectivity index (χ1) is 6.06. The Morgan fingerprint density at radius 2 is 2.23 bits per heavy atom. The van der Waals surface area contributed by atoms with Gasteiger partial charge in [0.15, 0.2) is 0 Å². The van der Waals surface area contributed by atoms with Crippen LogP contribution in [0.4, 0.5) is 0 Å². The molecular weight excluding hydrogens is 188 g/mol. The van der Waals surface area contributed by atoms with Gasteiger partial charge in [0.25, 0.3) is 0 Å². The first kappa shape index (κ1) is 10.2. The van der Waals surface area contributed by atoms with Crippen LogP contribution in [0, 0.1) is 5.92 Å². The van der Waals surface area contributed by atoms with Crippen molar-refractivity contribution in [1.29, 1.82) is 0 Å². The maximum Gasteiger partial charge on any atom is 0.328 e. The quantitative estimate of drug-likeness (QED) is 0.640. The van der Waals surface area contributed by atoms with Crippen molar-refractivity contribution in [2.75, 3.05) is 0 Å². The lowest BCUT2D eigenvalue weighted by Gasteiger charge is -2.07. The number of rotatable bonds is 3. The molecule has 2 N–H and O–H groups in total. The number of imidazole rings is 1. The fourth-order valence-corrected chi connectivity index (χ4v) is 1.53. The van der Waals surface area contributed by atoms with Crippen LogP contribution < -0.4 is 5.69 Å². The van der Waals surface area contributed by atoms with Crippen LogP contribution in [0.25, 0.3) is 0 Å². The van der Waals surface area contributed by atoms with Gasteiger partial charge in [-0.15, -0.1) is 0 Å². The zero-order chi connectivity index (χ0) is 10.0. The Morgan fingerprint density at radius 3 is 2.69 bits per heavy atom. The molecular formula is C8H14N2O2S. The molecule has 0 aliphatic carbocycles. The Morgan fingerprint density at radius 1 is 1.62 bits per heavy atom. The van der Waals surface area contributed by atoms with Gasteiger partial charge >= 0.3 is 5.69 Å². The average molecular weight is 202 g/mol. The van der Waals surface area contributed by atoms with E-state index < -0.39 is 0 Å². The first-order valence-corrected chi connectivity index (χ1v) is 4.81. The van der Waals surface area contributed by atoms with Gasteiger partial charge in [-0.05, 0) is 5.92 Å². The Kier molecular flexibility index (Phi) is 3.08. The average Bonchev–Trinajstić information content (AvgIpc) is 2.26. The predicted octanol–water partition coefficient (Wildman–Crippen LogP) is 0.968. The van der Waals surface area contributed by atoms with E-state index in [2.05, 4.69) is 17.6 Å². The van der Waals surface area contributed by atoms with Gasteiger partial charge in [-0.1, -0.05) is 13.8 Å². The molecule has 0 radical (unpaired) electrons. The summed E-state index contributed by atoms with van der Waals surface area (Å²) in [5.74, 6) is 0.657. The molecule has 1 heterocycles. The molecule has 0 saturated carbocycles. The van der Waals surface area contributed by atoms with Gasteiger partial charge in [-0.3, -0.25) is 9.55 Å². The Balaban J connectivity index is 3.10. The number of thiol groups is 1. The summed E-state index contributed by atoms with van der Waals surface area (Å²) in [7, 11) is 0. The largest absolute Gasteiger partial charge is 0.493 e. The second-order valence-electron chi connectivity index (χ2n) is 3.39. The molecule has 0 unspecified atom stereocenters. The molecule has 74 valence electrons. The molecule has 0 amide bonds. The van der Waals surface area contributed by atoms with E-state index in [9.17, 15) is 9.90 Å². The summed E-state index contributed by atoms with van der Waals surface area (Å²) in [4.78, 5) is 13.6. The van der Waals surface area contributed by atoms with Gasteiger partial charge < -0.3 is 5.11 Å². The van der Waals surface area contributed by atoms with Gasteiger partial charge in [0.1, 0.15) is 0 Å². The van der Waals surface area contributed by atoms with Gasteiger partial charge in [-0.2, -0.15) is 12.6 Å². The number of aromatic amines is 1. The van der Waals surface area contributed by atoms with Crippen LogP contribution in [0.3, 0.4) is 0 Å². The molecule has 0 aromatic carbocycles. The monoisotopic (exact) mass is 202 g/mol. The van der Waals surface area contributed by atoms with Crippen molar-refractivity contribution in [3.8, 4) is 5.88 Å². The molecule has 0 atom stereocenters. The summed E-state index contributed by atoms with van der Waals surface area (Å²) in [6, 6.07) is 0. The van der Waals surface area contributed by atoms with Crippen molar-refractivity contribution in [3.05, 3.63) is 16.2 Å². The lowest BCUT2D eigenvalue weighted by Crippen LogP contribution is -2.21. The van der Waals surface area contributed by atoms with Crippen molar-refractivity contribution in [2.45, 2.75) is 26.1 Å². The van der Waals surface area contributed by atoms with E-state index in [-0.39, 0.29) is 11.6 Å². The first-order valence-electron chi connectivity index (χ1n) is 4.17. The lowest BCUT2D eigenvalue weighted by molar-refractivity contribution is 0.446. The van der Waals surface area contributed by atoms with Crippen molar-refractivity contribution in [2.24, 2.45) is 5.92 Å². The van der Waals surface area contributed by atoms with Crippen molar-refractivity contribution >= 4 is 12.6 Å². The Hall–Kier alpha value is -0.840. The van der Waals surface area contributed by atoms with Crippen LogP contribution in [0.1, 0.15) is 19.5 Å². The van der Waals surface area contributed by atoms with Crippen LogP contribution in [0.15, 0.2) is 4.79 Å². The van der Waals surface area contributed by atoms with Crippen LogP contribution in [-0.4, -0.2) is 14.7 Å². The zero-order valence-corrected chi connectivity index (χ0v) is 8.64. The van der Waals surface area contributed by atoms with Crippen molar-refractivity contribution in [3.63, 3.8) is 0 Å². The molecule has 1 aromatic rings. The van der Waals surface area contributed by atoms with Crippen LogP contribution in [0.2, 0.25) is 0 Å². The standard InChI is InChI=1S/C8H14N2O2S/c1-5(2)3-10-6(4-13)7(11)9-8(10)12/h5,11,13H,3-4H2,1-2H3,(H,9,12). The summed E-state index contributed by atoms with van der Waals surface area (Å²) in [6.45, 7) is 4.63. The Labute approximate surface area is 82.0 Å². The summed E-state index contributed by atoms with van der Waals surface area (Å²) < 4.78 is 1.52. The third-order valence-electron chi connectivity index (χ3n) is 1.77. The number of hydrogen-bond donors (Lipinski definition) is 3. The highest BCUT2D eigenvalue weighted by Crippen LogP contribution is 2.14. The molecule has 0 bridgehead atoms. The van der Waals surface area contributed by atoms with Gasteiger partial charge in [0.2, 0.25) is 5.88 Å². The maximum atomic E-state index is 11.3.